The number of rotatable bonds is 5. The summed E-state index contributed by atoms with van der Waals surface area (Å²) in [7, 11) is 1.20. The highest BCUT2D eigenvalue weighted by Crippen LogP contribution is 2.32. The standard InChI is InChI=1S/C22H19ClO4/c1-5-14(3)20-13-17(27-16-9-7-8-15(23)12-16)10-11-19(20)21(24)18(6-2)22(25)26-4/h2,5,7-13,24H,1,3-4H3/b14-5-,21-18-. The SMILES string of the molecule is C#C/C(C(=O)OC)=C(/O)c1ccc(Oc2cccc(Cl)c2)cc1/C(C)=C\C. The van der Waals surface area contributed by atoms with Crippen molar-refractivity contribution < 1.29 is 19.4 Å². The van der Waals surface area contributed by atoms with E-state index < -0.39 is 5.97 Å². The first kappa shape index (κ1) is 20.2. The van der Waals surface area contributed by atoms with Crippen LogP contribution in [0.2, 0.25) is 5.02 Å². The van der Waals surface area contributed by atoms with Gasteiger partial charge in [-0.15, -0.1) is 6.42 Å². The number of hydrogen-bond donors (Lipinski definition) is 1. The van der Waals surface area contributed by atoms with Crippen LogP contribution in [-0.2, 0) is 9.53 Å². The molecule has 0 amide bonds. The second-order valence-corrected chi connectivity index (χ2v) is 6.03. The number of aliphatic hydroxyl groups is 1. The maximum Gasteiger partial charge on any atom is 0.350 e. The van der Waals surface area contributed by atoms with Crippen LogP contribution in [0.25, 0.3) is 11.3 Å². The van der Waals surface area contributed by atoms with Crippen LogP contribution in [0.3, 0.4) is 0 Å². The van der Waals surface area contributed by atoms with E-state index in [-0.39, 0.29) is 11.3 Å². The topological polar surface area (TPSA) is 55.8 Å². The lowest BCUT2D eigenvalue weighted by molar-refractivity contribution is -0.135. The van der Waals surface area contributed by atoms with Gasteiger partial charge < -0.3 is 14.6 Å². The first-order valence-electron chi connectivity index (χ1n) is 8.10. The zero-order valence-electron chi connectivity index (χ0n) is 15.2. The second-order valence-electron chi connectivity index (χ2n) is 5.60. The van der Waals surface area contributed by atoms with Gasteiger partial charge in [-0.3, -0.25) is 0 Å². The lowest BCUT2D eigenvalue weighted by Crippen LogP contribution is -2.07. The highest BCUT2D eigenvalue weighted by molar-refractivity contribution is 6.30. The summed E-state index contributed by atoms with van der Waals surface area (Å²) in [5.41, 5.74) is 1.70. The van der Waals surface area contributed by atoms with Crippen LogP contribution in [0.4, 0.5) is 0 Å². The first-order valence-corrected chi connectivity index (χ1v) is 8.48. The van der Waals surface area contributed by atoms with Crippen molar-refractivity contribution in [2.45, 2.75) is 13.8 Å². The number of aliphatic hydroxyl groups excluding tert-OH is 1. The van der Waals surface area contributed by atoms with Crippen molar-refractivity contribution in [1.29, 1.82) is 0 Å². The molecule has 0 heterocycles. The van der Waals surface area contributed by atoms with E-state index in [0.29, 0.717) is 27.6 Å². The first-order chi connectivity index (χ1) is 12.9. The minimum Gasteiger partial charge on any atom is -0.506 e. The fourth-order valence-electron chi connectivity index (χ4n) is 2.40. The summed E-state index contributed by atoms with van der Waals surface area (Å²) in [4.78, 5) is 11.8. The minimum atomic E-state index is -0.779. The van der Waals surface area contributed by atoms with Gasteiger partial charge in [0.2, 0.25) is 0 Å². The second kappa shape index (κ2) is 8.98. The quantitative estimate of drug-likeness (QED) is 0.315. The number of benzene rings is 2. The number of esters is 1. The zero-order valence-corrected chi connectivity index (χ0v) is 16.0. The fourth-order valence-corrected chi connectivity index (χ4v) is 2.58. The molecule has 0 aliphatic heterocycles. The Hall–Kier alpha value is -3.16. The van der Waals surface area contributed by atoms with E-state index in [0.717, 1.165) is 5.57 Å². The van der Waals surface area contributed by atoms with Crippen molar-refractivity contribution >= 4 is 28.9 Å². The van der Waals surface area contributed by atoms with Crippen molar-refractivity contribution in [1.82, 2.24) is 0 Å². The van der Waals surface area contributed by atoms with Gasteiger partial charge in [0.25, 0.3) is 0 Å². The summed E-state index contributed by atoms with van der Waals surface area (Å²) in [6.45, 7) is 3.75. The summed E-state index contributed by atoms with van der Waals surface area (Å²) in [5.74, 6) is 2.21. The Labute approximate surface area is 163 Å². The Kier molecular flexibility index (Phi) is 6.70. The average Bonchev–Trinajstić information content (AvgIpc) is 2.67. The summed E-state index contributed by atoms with van der Waals surface area (Å²) in [5, 5.41) is 11.1. The van der Waals surface area contributed by atoms with Crippen LogP contribution in [0.1, 0.15) is 25.0 Å². The smallest absolute Gasteiger partial charge is 0.350 e. The zero-order chi connectivity index (χ0) is 20.0. The molecule has 0 fully saturated rings. The van der Waals surface area contributed by atoms with Gasteiger partial charge in [-0.25, -0.2) is 4.79 Å². The van der Waals surface area contributed by atoms with Gasteiger partial charge in [0.1, 0.15) is 17.3 Å². The molecule has 0 aliphatic rings. The summed E-state index contributed by atoms with van der Waals surface area (Å²) in [6.07, 6.45) is 7.25. The number of carbonyl (C=O) groups is 1. The number of carbonyl (C=O) groups excluding carboxylic acids is 1. The number of ether oxygens (including phenoxy) is 2. The third-order valence-corrected chi connectivity index (χ3v) is 4.14. The molecule has 0 radical (unpaired) electrons. The van der Waals surface area contributed by atoms with E-state index in [1.165, 1.54) is 7.11 Å². The van der Waals surface area contributed by atoms with Crippen LogP contribution in [0.5, 0.6) is 11.5 Å². The van der Waals surface area contributed by atoms with Crippen LogP contribution < -0.4 is 4.74 Å². The summed E-state index contributed by atoms with van der Waals surface area (Å²) in [6, 6.07) is 12.1. The molecule has 0 unspecified atom stereocenters. The van der Waals surface area contributed by atoms with Gasteiger partial charge in [0.15, 0.2) is 5.57 Å². The lowest BCUT2D eigenvalue weighted by atomic mass is 9.97. The highest BCUT2D eigenvalue weighted by Gasteiger charge is 2.19. The van der Waals surface area contributed by atoms with Gasteiger partial charge in [-0.1, -0.05) is 29.7 Å². The third-order valence-electron chi connectivity index (χ3n) is 3.91. The van der Waals surface area contributed by atoms with E-state index in [4.69, 9.17) is 22.8 Å². The molecule has 2 aromatic carbocycles. The molecule has 0 aromatic heterocycles. The Morgan fingerprint density at radius 3 is 2.48 bits per heavy atom. The number of halogens is 1. The Balaban J connectivity index is 2.56. The van der Waals surface area contributed by atoms with Crippen molar-refractivity contribution in [2.75, 3.05) is 7.11 Å². The van der Waals surface area contributed by atoms with Crippen LogP contribution in [0, 0.1) is 12.3 Å². The van der Waals surface area contributed by atoms with Gasteiger partial charge in [-0.2, -0.15) is 0 Å². The predicted molar refractivity (Wildman–Crippen MR) is 108 cm³/mol. The molecule has 4 nitrogen and oxygen atoms in total. The van der Waals surface area contributed by atoms with E-state index in [1.54, 1.807) is 42.5 Å². The number of hydrogen-bond acceptors (Lipinski definition) is 4. The van der Waals surface area contributed by atoms with Crippen molar-refractivity contribution in [3.63, 3.8) is 0 Å². The molecule has 0 spiro atoms. The molecule has 5 heteroatoms. The molecular weight excluding hydrogens is 364 g/mol. The molecule has 2 aromatic rings. The molecule has 1 N–H and O–H groups in total. The molecule has 0 bridgehead atoms. The van der Waals surface area contributed by atoms with Gasteiger partial charge in [-0.05, 0) is 61.4 Å². The van der Waals surface area contributed by atoms with Crippen LogP contribution in [0.15, 0.2) is 54.1 Å². The number of allylic oxidation sites excluding steroid dienone is 2. The fraction of sp³-hybridized carbons (Fsp3) is 0.136. The maximum absolute atomic E-state index is 11.8. The van der Waals surface area contributed by atoms with Crippen molar-refractivity contribution in [2.24, 2.45) is 0 Å². The van der Waals surface area contributed by atoms with E-state index in [1.807, 2.05) is 19.9 Å². The molecule has 27 heavy (non-hydrogen) atoms. The largest absolute Gasteiger partial charge is 0.506 e. The van der Waals surface area contributed by atoms with Crippen LogP contribution >= 0.6 is 11.6 Å². The molecule has 138 valence electrons. The van der Waals surface area contributed by atoms with E-state index in [9.17, 15) is 9.90 Å². The molecule has 0 saturated heterocycles. The monoisotopic (exact) mass is 382 g/mol. The average molecular weight is 383 g/mol. The third kappa shape index (κ3) is 4.72. The summed E-state index contributed by atoms with van der Waals surface area (Å²) >= 11 is 5.99. The maximum atomic E-state index is 11.8. The summed E-state index contributed by atoms with van der Waals surface area (Å²) < 4.78 is 10.5. The Bertz CT molecular complexity index is 965. The normalized spacial score (nSPS) is 12.0. The molecule has 0 aliphatic carbocycles. The van der Waals surface area contributed by atoms with Crippen LogP contribution in [-0.4, -0.2) is 18.2 Å². The van der Waals surface area contributed by atoms with Gasteiger partial charge in [0, 0.05) is 10.6 Å². The lowest BCUT2D eigenvalue weighted by Gasteiger charge is -2.14. The predicted octanol–water partition coefficient (Wildman–Crippen LogP) is 5.63. The minimum absolute atomic E-state index is 0.244. The molecule has 0 atom stereocenters. The van der Waals surface area contributed by atoms with E-state index in [2.05, 4.69) is 10.7 Å². The Morgan fingerprint density at radius 2 is 1.89 bits per heavy atom. The highest BCUT2D eigenvalue weighted by atomic mass is 35.5. The molecule has 2 rings (SSSR count). The van der Waals surface area contributed by atoms with E-state index >= 15 is 0 Å². The van der Waals surface area contributed by atoms with Crippen molar-refractivity contribution in [3.05, 3.63) is 70.3 Å². The Morgan fingerprint density at radius 1 is 1.19 bits per heavy atom. The molecule has 0 saturated carbocycles. The van der Waals surface area contributed by atoms with Crippen molar-refractivity contribution in [3.8, 4) is 23.8 Å². The number of methoxy groups -OCH3 is 1. The number of terminal acetylenes is 1. The van der Waals surface area contributed by atoms with Gasteiger partial charge >= 0.3 is 5.97 Å². The van der Waals surface area contributed by atoms with Gasteiger partial charge in [0.05, 0.1) is 7.11 Å². The molecular formula is C22H19ClO4.